The van der Waals surface area contributed by atoms with Crippen LogP contribution >= 0.6 is 0 Å². The summed E-state index contributed by atoms with van der Waals surface area (Å²) in [7, 11) is 0. The zero-order valence-corrected chi connectivity index (χ0v) is 15.2. The number of nitrogens with zero attached hydrogens (tertiary/aromatic N) is 4. The van der Waals surface area contributed by atoms with E-state index in [1.54, 1.807) is 6.33 Å². The fourth-order valence-electron chi connectivity index (χ4n) is 3.72. The van der Waals surface area contributed by atoms with Crippen molar-refractivity contribution in [1.82, 2.24) is 25.1 Å². The molecule has 4 aromatic rings. The van der Waals surface area contributed by atoms with Gasteiger partial charge < -0.3 is 14.3 Å². The number of amides is 1. The zero-order chi connectivity index (χ0) is 18.9. The SMILES string of the molecule is O=C(c1ccc2nc[nH]c2c1)N1CCC(Cc2nnc(-c3ccccc3)o2)C1. The van der Waals surface area contributed by atoms with E-state index in [0.717, 1.165) is 29.6 Å². The highest BCUT2D eigenvalue weighted by atomic mass is 16.4. The van der Waals surface area contributed by atoms with Crippen LogP contribution in [0.3, 0.4) is 0 Å². The van der Waals surface area contributed by atoms with E-state index in [1.165, 1.54) is 0 Å². The summed E-state index contributed by atoms with van der Waals surface area (Å²) in [5.41, 5.74) is 3.34. The van der Waals surface area contributed by atoms with Gasteiger partial charge in [0.25, 0.3) is 5.91 Å². The molecule has 2 aromatic heterocycles. The molecule has 1 N–H and O–H groups in total. The minimum atomic E-state index is 0.0505. The largest absolute Gasteiger partial charge is 0.421 e. The number of hydrogen-bond acceptors (Lipinski definition) is 5. The highest BCUT2D eigenvalue weighted by molar-refractivity contribution is 5.97. The van der Waals surface area contributed by atoms with Crippen LogP contribution in [0.4, 0.5) is 0 Å². The van der Waals surface area contributed by atoms with Crippen LogP contribution in [0.2, 0.25) is 0 Å². The second-order valence-corrected chi connectivity index (χ2v) is 7.11. The van der Waals surface area contributed by atoms with Crippen LogP contribution in [-0.2, 0) is 6.42 Å². The molecule has 2 aromatic carbocycles. The Morgan fingerprint density at radius 1 is 1.18 bits per heavy atom. The maximum absolute atomic E-state index is 12.8. The summed E-state index contributed by atoms with van der Waals surface area (Å²) in [5.74, 6) is 1.53. The first-order valence-corrected chi connectivity index (χ1v) is 9.36. The summed E-state index contributed by atoms with van der Waals surface area (Å²) >= 11 is 0. The molecule has 3 heterocycles. The number of aromatic amines is 1. The number of nitrogens with one attached hydrogen (secondary N) is 1. The normalized spacial score (nSPS) is 16.7. The molecule has 0 bridgehead atoms. The monoisotopic (exact) mass is 373 g/mol. The molecule has 28 heavy (non-hydrogen) atoms. The van der Waals surface area contributed by atoms with Crippen molar-refractivity contribution in [2.45, 2.75) is 12.8 Å². The van der Waals surface area contributed by atoms with Crippen LogP contribution in [0.25, 0.3) is 22.5 Å². The molecule has 1 aliphatic rings. The summed E-state index contributed by atoms with van der Waals surface area (Å²) in [6, 6.07) is 15.3. The van der Waals surface area contributed by atoms with Crippen LogP contribution in [0, 0.1) is 5.92 Å². The average molecular weight is 373 g/mol. The molecule has 1 aliphatic heterocycles. The van der Waals surface area contributed by atoms with Gasteiger partial charge in [-0.05, 0) is 42.7 Å². The molecular weight excluding hydrogens is 354 g/mol. The van der Waals surface area contributed by atoms with Crippen LogP contribution in [0.5, 0.6) is 0 Å². The zero-order valence-electron chi connectivity index (χ0n) is 15.2. The highest BCUT2D eigenvalue weighted by Crippen LogP contribution is 2.24. The van der Waals surface area contributed by atoms with Gasteiger partial charge in [-0.2, -0.15) is 0 Å². The number of carbonyl (C=O) groups is 1. The van der Waals surface area contributed by atoms with Gasteiger partial charge in [-0.1, -0.05) is 18.2 Å². The minimum absolute atomic E-state index is 0.0505. The average Bonchev–Trinajstić information content (AvgIpc) is 3.49. The van der Waals surface area contributed by atoms with Gasteiger partial charge in [0.1, 0.15) is 0 Å². The molecular formula is C21H19N5O2. The molecule has 140 valence electrons. The van der Waals surface area contributed by atoms with E-state index in [9.17, 15) is 4.79 Å². The number of H-pyrrole nitrogens is 1. The summed E-state index contributed by atoms with van der Waals surface area (Å²) in [6.45, 7) is 1.44. The Balaban J connectivity index is 1.24. The number of hydrogen-bond donors (Lipinski definition) is 1. The Hall–Kier alpha value is -3.48. The molecule has 5 rings (SSSR count). The van der Waals surface area contributed by atoms with Crippen molar-refractivity contribution in [1.29, 1.82) is 0 Å². The standard InChI is InChI=1S/C21H19N5O2/c27-21(16-6-7-17-18(11-16)23-13-22-17)26-9-8-14(12-26)10-19-24-25-20(28-19)15-4-2-1-3-5-15/h1-7,11,13-14H,8-10,12H2,(H,22,23). The van der Waals surface area contributed by atoms with Crippen molar-refractivity contribution < 1.29 is 9.21 Å². The molecule has 1 unspecified atom stereocenters. The third-order valence-electron chi connectivity index (χ3n) is 5.19. The Bertz CT molecular complexity index is 1120. The lowest BCUT2D eigenvalue weighted by molar-refractivity contribution is 0.0786. The molecule has 1 atom stereocenters. The number of carbonyl (C=O) groups excluding carboxylic acids is 1. The maximum atomic E-state index is 12.8. The van der Waals surface area contributed by atoms with E-state index in [0.29, 0.717) is 36.2 Å². The van der Waals surface area contributed by atoms with Gasteiger partial charge in [0, 0.05) is 30.6 Å². The molecule has 7 nitrogen and oxygen atoms in total. The van der Waals surface area contributed by atoms with Crippen LogP contribution < -0.4 is 0 Å². The third-order valence-corrected chi connectivity index (χ3v) is 5.19. The number of aromatic nitrogens is 4. The van der Waals surface area contributed by atoms with Crippen LogP contribution in [0.15, 0.2) is 59.3 Å². The molecule has 1 saturated heterocycles. The van der Waals surface area contributed by atoms with Crippen molar-refractivity contribution >= 4 is 16.9 Å². The molecule has 0 saturated carbocycles. The van der Waals surface area contributed by atoms with E-state index in [-0.39, 0.29) is 5.91 Å². The van der Waals surface area contributed by atoms with Gasteiger partial charge in [-0.15, -0.1) is 10.2 Å². The van der Waals surface area contributed by atoms with Gasteiger partial charge >= 0.3 is 0 Å². The van der Waals surface area contributed by atoms with Gasteiger partial charge in [0.2, 0.25) is 11.8 Å². The highest BCUT2D eigenvalue weighted by Gasteiger charge is 2.28. The predicted molar refractivity (Wildman–Crippen MR) is 104 cm³/mol. The number of fused-ring (bicyclic) bond motifs is 1. The van der Waals surface area contributed by atoms with Gasteiger partial charge in [-0.25, -0.2) is 4.98 Å². The quantitative estimate of drug-likeness (QED) is 0.593. The number of benzene rings is 2. The van der Waals surface area contributed by atoms with Crippen molar-refractivity contribution in [3.63, 3.8) is 0 Å². The van der Waals surface area contributed by atoms with Crippen molar-refractivity contribution in [2.75, 3.05) is 13.1 Å². The fourth-order valence-corrected chi connectivity index (χ4v) is 3.72. The Morgan fingerprint density at radius 2 is 2.07 bits per heavy atom. The van der Waals surface area contributed by atoms with Crippen molar-refractivity contribution in [3.8, 4) is 11.5 Å². The number of rotatable bonds is 4. The Morgan fingerprint density at radius 3 is 2.96 bits per heavy atom. The lowest BCUT2D eigenvalue weighted by Crippen LogP contribution is -2.28. The first kappa shape index (κ1) is 16.7. The van der Waals surface area contributed by atoms with Gasteiger partial charge in [0.05, 0.1) is 17.4 Å². The molecule has 1 fully saturated rings. The van der Waals surface area contributed by atoms with Gasteiger partial charge in [-0.3, -0.25) is 4.79 Å². The molecule has 1 amide bonds. The van der Waals surface area contributed by atoms with Crippen LogP contribution in [-0.4, -0.2) is 44.1 Å². The smallest absolute Gasteiger partial charge is 0.253 e. The van der Waals surface area contributed by atoms with E-state index < -0.39 is 0 Å². The topological polar surface area (TPSA) is 87.9 Å². The summed E-state index contributed by atoms with van der Waals surface area (Å²) < 4.78 is 5.81. The second kappa shape index (κ2) is 6.92. The van der Waals surface area contributed by atoms with E-state index >= 15 is 0 Å². The first-order chi connectivity index (χ1) is 13.8. The van der Waals surface area contributed by atoms with Crippen LogP contribution in [0.1, 0.15) is 22.7 Å². The van der Waals surface area contributed by atoms with Crippen molar-refractivity contribution in [2.24, 2.45) is 5.92 Å². The molecule has 0 spiro atoms. The third kappa shape index (κ3) is 3.15. The minimum Gasteiger partial charge on any atom is -0.421 e. The Labute approximate surface area is 161 Å². The molecule has 0 aliphatic carbocycles. The molecule has 7 heteroatoms. The molecule has 0 radical (unpaired) electrons. The lowest BCUT2D eigenvalue weighted by atomic mass is 10.1. The summed E-state index contributed by atoms with van der Waals surface area (Å²) in [6.07, 6.45) is 3.25. The fraction of sp³-hybridized carbons (Fsp3) is 0.238. The number of likely N-dealkylation sites (tertiary alicyclic amines) is 1. The van der Waals surface area contributed by atoms with E-state index in [4.69, 9.17) is 4.42 Å². The first-order valence-electron chi connectivity index (χ1n) is 9.36. The van der Waals surface area contributed by atoms with Gasteiger partial charge in [0.15, 0.2) is 0 Å². The number of imidazole rings is 1. The maximum Gasteiger partial charge on any atom is 0.253 e. The lowest BCUT2D eigenvalue weighted by Gasteiger charge is -2.16. The van der Waals surface area contributed by atoms with E-state index in [1.807, 2.05) is 53.4 Å². The van der Waals surface area contributed by atoms with E-state index in [2.05, 4.69) is 20.2 Å². The summed E-state index contributed by atoms with van der Waals surface area (Å²) in [4.78, 5) is 22.0. The predicted octanol–water partition coefficient (Wildman–Crippen LogP) is 3.32. The van der Waals surface area contributed by atoms with Crippen molar-refractivity contribution in [3.05, 3.63) is 66.3 Å². The Kier molecular flexibility index (Phi) is 4.12. The second-order valence-electron chi connectivity index (χ2n) is 7.11. The summed E-state index contributed by atoms with van der Waals surface area (Å²) in [5, 5.41) is 8.33.